The topological polar surface area (TPSA) is 96.0 Å². The molecule has 1 atom stereocenters. The van der Waals surface area contributed by atoms with Crippen LogP contribution in [0.25, 0.3) is 0 Å². The highest BCUT2D eigenvalue weighted by atomic mass is 35.5. The summed E-state index contributed by atoms with van der Waals surface area (Å²) in [6.45, 7) is -0.352. The van der Waals surface area contributed by atoms with Gasteiger partial charge < -0.3 is 15.0 Å². The van der Waals surface area contributed by atoms with Gasteiger partial charge in [0.05, 0.1) is 19.9 Å². The first-order valence-electron chi connectivity index (χ1n) is 13.7. The molecule has 8 nitrogen and oxygen atoms in total. The summed E-state index contributed by atoms with van der Waals surface area (Å²) in [7, 11) is -2.24. The van der Waals surface area contributed by atoms with E-state index in [-0.39, 0.29) is 19.6 Å². The molecule has 0 saturated carbocycles. The number of rotatable bonds is 13. The van der Waals surface area contributed by atoms with Gasteiger partial charge in [-0.05, 0) is 46.5 Å². The second kappa shape index (κ2) is 15.2. The summed E-state index contributed by atoms with van der Waals surface area (Å²) >= 11 is 12.4. The maximum Gasteiger partial charge on any atom is 0.247 e. The molecule has 0 saturated heterocycles. The van der Waals surface area contributed by atoms with Crippen LogP contribution in [-0.2, 0) is 39.2 Å². The lowest BCUT2D eigenvalue weighted by Crippen LogP contribution is -2.47. The standard InChI is InChI=1S/C33H33Cl2N3O5S/c1-43-29-17-13-25(14-18-29)22-38(31(39)23-37(44(2,41)42)21-24-9-5-3-6-10-24)32(26-11-7-4-8-12-26)33(40)36-20-27-15-16-28(34)19-30(27)35/h3-19,32H,20-23H2,1-2H3,(H,36,40). The second-order valence-electron chi connectivity index (χ2n) is 10.2. The molecule has 0 aliphatic rings. The largest absolute Gasteiger partial charge is 0.497 e. The van der Waals surface area contributed by atoms with E-state index in [4.69, 9.17) is 27.9 Å². The smallest absolute Gasteiger partial charge is 0.247 e. The Morgan fingerprint density at radius 2 is 1.45 bits per heavy atom. The maximum atomic E-state index is 14.2. The Hall–Kier alpha value is -3.89. The van der Waals surface area contributed by atoms with E-state index in [0.717, 1.165) is 21.7 Å². The van der Waals surface area contributed by atoms with Gasteiger partial charge in [0.1, 0.15) is 11.8 Å². The number of carbonyl (C=O) groups is 2. The van der Waals surface area contributed by atoms with Crippen LogP contribution in [0.2, 0.25) is 10.0 Å². The SMILES string of the molecule is COc1ccc(CN(C(=O)CN(Cc2ccccc2)S(C)(=O)=O)C(C(=O)NCc2ccc(Cl)cc2Cl)c2ccccc2)cc1. The third-order valence-corrected chi connectivity index (χ3v) is 8.74. The number of halogens is 2. The summed E-state index contributed by atoms with van der Waals surface area (Å²) < 4.78 is 32.1. The van der Waals surface area contributed by atoms with E-state index in [1.807, 2.05) is 12.1 Å². The van der Waals surface area contributed by atoms with Crippen LogP contribution in [0.3, 0.4) is 0 Å². The van der Waals surface area contributed by atoms with E-state index in [1.54, 1.807) is 98.1 Å². The molecule has 1 N–H and O–H groups in total. The van der Waals surface area contributed by atoms with Crippen LogP contribution in [0.15, 0.2) is 103 Å². The lowest BCUT2D eigenvalue weighted by atomic mass is 10.0. The van der Waals surface area contributed by atoms with Crippen molar-refractivity contribution in [2.24, 2.45) is 0 Å². The molecule has 230 valence electrons. The van der Waals surface area contributed by atoms with Gasteiger partial charge in [-0.25, -0.2) is 8.42 Å². The highest BCUT2D eigenvalue weighted by molar-refractivity contribution is 7.88. The molecule has 0 radical (unpaired) electrons. The number of carbonyl (C=O) groups excluding carboxylic acids is 2. The number of methoxy groups -OCH3 is 1. The number of hydrogen-bond donors (Lipinski definition) is 1. The van der Waals surface area contributed by atoms with Gasteiger partial charge in [-0.15, -0.1) is 0 Å². The molecule has 4 aromatic rings. The summed E-state index contributed by atoms with van der Waals surface area (Å²) in [6.07, 6.45) is 1.06. The van der Waals surface area contributed by atoms with Gasteiger partial charge >= 0.3 is 0 Å². The zero-order chi connectivity index (χ0) is 31.7. The summed E-state index contributed by atoms with van der Waals surface area (Å²) in [5.41, 5.74) is 2.66. The number of benzene rings is 4. The fourth-order valence-corrected chi connectivity index (χ4v) is 5.83. The molecule has 4 rings (SSSR count). The first-order chi connectivity index (χ1) is 21.0. The van der Waals surface area contributed by atoms with Crippen LogP contribution in [0.4, 0.5) is 0 Å². The molecule has 4 aromatic carbocycles. The molecule has 0 aromatic heterocycles. The molecule has 11 heteroatoms. The predicted octanol–water partition coefficient (Wildman–Crippen LogP) is 5.85. The number of nitrogens with one attached hydrogen (secondary N) is 1. The van der Waals surface area contributed by atoms with Crippen molar-refractivity contribution in [3.8, 4) is 5.75 Å². The molecule has 0 spiro atoms. The minimum Gasteiger partial charge on any atom is -0.497 e. The molecule has 0 bridgehead atoms. The van der Waals surface area contributed by atoms with Crippen LogP contribution in [0.1, 0.15) is 28.3 Å². The predicted molar refractivity (Wildman–Crippen MR) is 173 cm³/mol. The Kier molecular flexibility index (Phi) is 11.4. The third-order valence-electron chi connectivity index (χ3n) is 6.96. The van der Waals surface area contributed by atoms with Gasteiger partial charge in [0, 0.05) is 29.7 Å². The van der Waals surface area contributed by atoms with E-state index in [9.17, 15) is 18.0 Å². The number of nitrogens with zero attached hydrogens (tertiary/aromatic N) is 2. The minimum atomic E-state index is -3.80. The van der Waals surface area contributed by atoms with Crippen molar-refractivity contribution in [1.29, 1.82) is 0 Å². The molecule has 0 heterocycles. The molecule has 0 aliphatic heterocycles. The number of amides is 2. The van der Waals surface area contributed by atoms with E-state index in [2.05, 4.69) is 5.32 Å². The zero-order valence-electron chi connectivity index (χ0n) is 24.3. The van der Waals surface area contributed by atoms with Crippen LogP contribution in [0.5, 0.6) is 5.75 Å². The van der Waals surface area contributed by atoms with Crippen molar-refractivity contribution in [2.45, 2.75) is 25.7 Å². The van der Waals surface area contributed by atoms with Crippen LogP contribution >= 0.6 is 23.2 Å². The molecule has 0 aliphatic carbocycles. The van der Waals surface area contributed by atoms with Crippen molar-refractivity contribution in [1.82, 2.24) is 14.5 Å². The molecule has 1 unspecified atom stereocenters. The maximum absolute atomic E-state index is 14.2. The highest BCUT2D eigenvalue weighted by Gasteiger charge is 2.34. The van der Waals surface area contributed by atoms with Gasteiger partial charge in [-0.2, -0.15) is 4.31 Å². The van der Waals surface area contributed by atoms with Crippen LogP contribution in [0, 0.1) is 0 Å². The molecule has 44 heavy (non-hydrogen) atoms. The van der Waals surface area contributed by atoms with Crippen molar-refractivity contribution >= 4 is 45.0 Å². The Labute approximate surface area is 268 Å². The van der Waals surface area contributed by atoms with Crippen LogP contribution in [-0.4, -0.2) is 49.3 Å². The van der Waals surface area contributed by atoms with Crippen molar-refractivity contribution in [3.63, 3.8) is 0 Å². The lowest BCUT2D eigenvalue weighted by molar-refractivity contribution is -0.141. The molecule has 2 amide bonds. The normalized spacial score (nSPS) is 12.0. The molecule has 0 fully saturated rings. The number of sulfonamides is 1. The fourth-order valence-electron chi connectivity index (χ4n) is 4.62. The van der Waals surface area contributed by atoms with Crippen molar-refractivity contribution in [3.05, 3.63) is 135 Å². The molecular formula is C33H33Cl2N3O5S. The lowest BCUT2D eigenvalue weighted by Gasteiger charge is -2.33. The quantitative estimate of drug-likeness (QED) is 0.195. The first kappa shape index (κ1) is 33.0. The minimum absolute atomic E-state index is 0.000937. The highest BCUT2D eigenvalue weighted by Crippen LogP contribution is 2.27. The van der Waals surface area contributed by atoms with E-state index < -0.39 is 34.4 Å². The van der Waals surface area contributed by atoms with Crippen molar-refractivity contribution in [2.75, 3.05) is 19.9 Å². The third kappa shape index (κ3) is 9.06. The van der Waals surface area contributed by atoms with E-state index in [1.165, 1.54) is 4.90 Å². The number of ether oxygens (including phenoxy) is 1. The molecular weight excluding hydrogens is 621 g/mol. The van der Waals surface area contributed by atoms with Gasteiger partial charge in [0.25, 0.3) is 0 Å². The summed E-state index contributed by atoms with van der Waals surface area (Å²) in [5, 5.41) is 3.77. The first-order valence-corrected chi connectivity index (χ1v) is 16.3. The van der Waals surface area contributed by atoms with Gasteiger partial charge in [0.15, 0.2) is 0 Å². The summed E-state index contributed by atoms with van der Waals surface area (Å²) in [5.74, 6) is -0.372. The van der Waals surface area contributed by atoms with Crippen LogP contribution < -0.4 is 10.1 Å². The average Bonchev–Trinajstić information content (AvgIpc) is 3.01. The van der Waals surface area contributed by atoms with Gasteiger partial charge in [-0.1, -0.05) is 102 Å². The van der Waals surface area contributed by atoms with Gasteiger partial charge in [0.2, 0.25) is 21.8 Å². The Morgan fingerprint density at radius 3 is 2.05 bits per heavy atom. The summed E-state index contributed by atoms with van der Waals surface area (Å²) in [6, 6.07) is 28.9. The Morgan fingerprint density at radius 1 is 0.841 bits per heavy atom. The zero-order valence-corrected chi connectivity index (χ0v) is 26.6. The van der Waals surface area contributed by atoms with E-state index >= 15 is 0 Å². The van der Waals surface area contributed by atoms with E-state index in [0.29, 0.717) is 26.9 Å². The fraction of sp³-hybridized carbons (Fsp3) is 0.212. The second-order valence-corrected chi connectivity index (χ2v) is 13.0. The monoisotopic (exact) mass is 653 g/mol. The van der Waals surface area contributed by atoms with Gasteiger partial charge in [-0.3, -0.25) is 9.59 Å². The Bertz CT molecular complexity index is 1670. The Balaban J connectivity index is 1.71. The van der Waals surface area contributed by atoms with Crippen molar-refractivity contribution < 1.29 is 22.7 Å². The average molecular weight is 655 g/mol. The summed E-state index contributed by atoms with van der Waals surface area (Å²) in [4.78, 5) is 29.6. The number of hydrogen-bond acceptors (Lipinski definition) is 5.